The quantitative estimate of drug-likeness (QED) is 0.737. The van der Waals surface area contributed by atoms with Crippen molar-refractivity contribution in [1.29, 1.82) is 0 Å². The van der Waals surface area contributed by atoms with Crippen LogP contribution in [0.2, 0.25) is 0 Å². The SMILES string of the molecule is CC(C)Nc1n[nH]c2nc(C3CCCCN3C(=O)c3ncccn3)ccc12. The normalized spacial score (nSPS) is 17.4. The molecule has 1 saturated heterocycles. The first-order valence-electron chi connectivity index (χ1n) is 9.33. The number of carbonyl (C=O) groups is 1. The van der Waals surface area contributed by atoms with Crippen LogP contribution in [0.25, 0.3) is 11.0 Å². The van der Waals surface area contributed by atoms with E-state index in [4.69, 9.17) is 4.98 Å². The summed E-state index contributed by atoms with van der Waals surface area (Å²) in [6, 6.07) is 5.92. The Hall–Kier alpha value is -3.03. The average Bonchev–Trinajstić information content (AvgIpc) is 3.09. The number of rotatable bonds is 4. The summed E-state index contributed by atoms with van der Waals surface area (Å²) < 4.78 is 0. The van der Waals surface area contributed by atoms with Gasteiger partial charge in [-0.1, -0.05) is 0 Å². The van der Waals surface area contributed by atoms with Crippen LogP contribution >= 0.6 is 0 Å². The third-order valence-corrected chi connectivity index (χ3v) is 4.73. The van der Waals surface area contributed by atoms with Gasteiger partial charge in [-0.3, -0.25) is 9.89 Å². The Balaban J connectivity index is 1.64. The fourth-order valence-corrected chi connectivity index (χ4v) is 3.51. The van der Waals surface area contributed by atoms with Crippen molar-refractivity contribution in [2.24, 2.45) is 0 Å². The summed E-state index contributed by atoms with van der Waals surface area (Å²) in [5.41, 5.74) is 1.59. The summed E-state index contributed by atoms with van der Waals surface area (Å²) in [4.78, 5) is 27.8. The van der Waals surface area contributed by atoms with Crippen molar-refractivity contribution in [2.45, 2.75) is 45.2 Å². The van der Waals surface area contributed by atoms with Crippen molar-refractivity contribution in [3.63, 3.8) is 0 Å². The van der Waals surface area contributed by atoms with E-state index in [1.807, 2.05) is 17.0 Å². The molecule has 1 aliphatic heterocycles. The van der Waals surface area contributed by atoms with Gasteiger partial charge in [0.2, 0.25) is 5.82 Å². The maximum Gasteiger partial charge on any atom is 0.292 e. The number of hydrogen-bond donors (Lipinski definition) is 2. The van der Waals surface area contributed by atoms with E-state index in [1.165, 1.54) is 0 Å². The zero-order valence-corrected chi connectivity index (χ0v) is 15.5. The second-order valence-corrected chi connectivity index (χ2v) is 7.09. The summed E-state index contributed by atoms with van der Waals surface area (Å²) in [6.07, 6.45) is 6.10. The van der Waals surface area contributed by atoms with Crippen molar-refractivity contribution >= 4 is 22.8 Å². The number of nitrogens with zero attached hydrogens (tertiary/aromatic N) is 5. The van der Waals surface area contributed by atoms with E-state index in [0.29, 0.717) is 6.54 Å². The Morgan fingerprint density at radius 3 is 2.85 bits per heavy atom. The van der Waals surface area contributed by atoms with Crippen LogP contribution in [0, 0.1) is 0 Å². The molecular weight excluding hydrogens is 342 g/mol. The van der Waals surface area contributed by atoms with Gasteiger partial charge in [-0.2, -0.15) is 5.10 Å². The smallest absolute Gasteiger partial charge is 0.292 e. The largest absolute Gasteiger partial charge is 0.366 e. The lowest BCUT2D eigenvalue weighted by Crippen LogP contribution is -2.39. The Kier molecular flexibility index (Phi) is 4.70. The Bertz CT molecular complexity index is 938. The van der Waals surface area contributed by atoms with E-state index in [0.717, 1.165) is 41.8 Å². The van der Waals surface area contributed by atoms with E-state index >= 15 is 0 Å². The number of piperidine rings is 1. The zero-order chi connectivity index (χ0) is 18.8. The van der Waals surface area contributed by atoms with Gasteiger partial charge >= 0.3 is 0 Å². The Labute approximate surface area is 157 Å². The number of anilines is 1. The number of H-pyrrole nitrogens is 1. The molecule has 0 bridgehead atoms. The number of amides is 1. The molecule has 0 radical (unpaired) electrons. The maximum absolute atomic E-state index is 12.9. The van der Waals surface area contributed by atoms with Crippen molar-refractivity contribution in [1.82, 2.24) is 30.0 Å². The molecule has 1 fully saturated rings. The molecule has 3 aromatic heterocycles. The van der Waals surface area contributed by atoms with Gasteiger partial charge in [-0.25, -0.2) is 15.0 Å². The summed E-state index contributed by atoms with van der Waals surface area (Å²) in [5.74, 6) is 0.887. The van der Waals surface area contributed by atoms with E-state index in [9.17, 15) is 4.79 Å². The lowest BCUT2D eigenvalue weighted by Gasteiger charge is -2.34. The monoisotopic (exact) mass is 365 g/mol. The van der Waals surface area contributed by atoms with Crippen molar-refractivity contribution < 1.29 is 4.79 Å². The number of aromatic nitrogens is 5. The van der Waals surface area contributed by atoms with Gasteiger partial charge in [0.25, 0.3) is 5.91 Å². The highest BCUT2D eigenvalue weighted by Crippen LogP contribution is 2.32. The second-order valence-electron chi connectivity index (χ2n) is 7.09. The van der Waals surface area contributed by atoms with Gasteiger partial charge in [0.15, 0.2) is 11.5 Å². The van der Waals surface area contributed by atoms with Crippen LogP contribution in [0.1, 0.15) is 55.5 Å². The van der Waals surface area contributed by atoms with Gasteiger partial charge in [0, 0.05) is 25.0 Å². The molecule has 1 aliphatic rings. The molecule has 0 aromatic carbocycles. The van der Waals surface area contributed by atoms with Crippen molar-refractivity contribution in [3.05, 3.63) is 42.1 Å². The molecular formula is C19H23N7O. The first-order valence-corrected chi connectivity index (χ1v) is 9.33. The van der Waals surface area contributed by atoms with E-state index < -0.39 is 0 Å². The first-order chi connectivity index (χ1) is 13.1. The van der Waals surface area contributed by atoms with Gasteiger partial charge in [-0.15, -0.1) is 0 Å². The molecule has 0 aliphatic carbocycles. The molecule has 140 valence electrons. The minimum atomic E-state index is -0.144. The molecule has 1 unspecified atom stereocenters. The lowest BCUT2D eigenvalue weighted by molar-refractivity contribution is 0.0593. The molecule has 0 saturated carbocycles. The third kappa shape index (κ3) is 3.47. The van der Waals surface area contributed by atoms with Crippen LogP contribution in [0.15, 0.2) is 30.6 Å². The topological polar surface area (TPSA) is 99.7 Å². The number of hydrogen-bond acceptors (Lipinski definition) is 6. The molecule has 27 heavy (non-hydrogen) atoms. The molecule has 4 rings (SSSR count). The van der Waals surface area contributed by atoms with Crippen LogP contribution in [0.5, 0.6) is 0 Å². The predicted octanol–water partition coefficient (Wildman–Crippen LogP) is 2.94. The van der Waals surface area contributed by atoms with Crippen molar-refractivity contribution in [2.75, 3.05) is 11.9 Å². The molecule has 2 N–H and O–H groups in total. The summed E-state index contributed by atoms with van der Waals surface area (Å²) in [7, 11) is 0. The van der Waals surface area contributed by atoms with Gasteiger partial charge in [-0.05, 0) is 51.3 Å². The van der Waals surface area contributed by atoms with Crippen LogP contribution < -0.4 is 5.32 Å². The minimum absolute atomic E-state index is 0.0794. The molecule has 1 atom stereocenters. The van der Waals surface area contributed by atoms with Crippen LogP contribution in [-0.2, 0) is 0 Å². The molecule has 4 heterocycles. The van der Waals surface area contributed by atoms with Crippen LogP contribution in [0.3, 0.4) is 0 Å². The fraction of sp³-hybridized carbons (Fsp3) is 0.421. The van der Waals surface area contributed by atoms with Crippen LogP contribution in [0.4, 0.5) is 5.82 Å². The standard InChI is InChI=1S/C19H23N7O/c1-12(2)22-16-13-7-8-14(23-17(13)25-24-16)15-6-3-4-11-26(15)19(27)18-20-9-5-10-21-18/h5,7-10,12,15H,3-4,6,11H2,1-2H3,(H2,22,23,24,25). The Morgan fingerprint density at radius 2 is 2.07 bits per heavy atom. The zero-order valence-electron chi connectivity index (χ0n) is 15.5. The number of likely N-dealkylation sites (tertiary alicyclic amines) is 1. The molecule has 8 nitrogen and oxygen atoms in total. The number of fused-ring (bicyclic) bond motifs is 1. The molecule has 3 aromatic rings. The van der Waals surface area contributed by atoms with E-state index in [2.05, 4.69) is 39.3 Å². The minimum Gasteiger partial charge on any atom is -0.366 e. The summed E-state index contributed by atoms with van der Waals surface area (Å²) in [5, 5.41) is 11.6. The molecule has 1 amide bonds. The average molecular weight is 365 g/mol. The highest BCUT2D eigenvalue weighted by Gasteiger charge is 2.31. The molecule has 8 heteroatoms. The number of carbonyl (C=O) groups excluding carboxylic acids is 1. The van der Waals surface area contributed by atoms with Gasteiger partial charge < -0.3 is 10.2 Å². The maximum atomic E-state index is 12.9. The van der Waals surface area contributed by atoms with Gasteiger partial charge in [0.1, 0.15) is 0 Å². The van der Waals surface area contributed by atoms with Crippen LogP contribution in [-0.4, -0.2) is 48.5 Å². The molecule has 0 spiro atoms. The predicted molar refractivity (Wildman–Crippen MR) is 102 cm³/mol. The number of nitrogens with one attached hydrogen (secondary N) is 2. The van der Waals surface area contributed by atoms with Gasteiger partial charge in [0.05, 0.1) is 17.1 Å². The highest BCUT2D eigenvalue weighted by atomic mass is 16.2. The Morgan fingerprint density at radius 1 is 1.26 bits per heavy atom. The van der Waals surface area contributed by atoms with Crippen molar-refractivity contribution in [3.8, 4) is 0 Å². The first kappa shape index (κ1) is 17.4. The fourth-order valence-electron chi connectivity index (χ4n) is 3.51. The summed E-state index contributed by atoms with van der Waals surface area (Å²) >= 11 is 0. The number of pyridine rings is 1. The van der Waals surface area contributed by atoms with E-state index in [-0.39, 0.29) is 23.8 Å². The third-order valence-electron chi connectivity index (χ3n) is 4.73. The number of aromatic amines is 1. The summed E-state index contributed by atoms with van der Waals surface area (Å²) in [6.45, 7) is 4.82. The highest BCUT2D eigenvalue weighted by molar-refractivity contribution is 5.91. The second kappa shape index (κ2) is 7.30. The lowest BCUT2D eigenvalue weighted by atomic mass is 9.98. The van der Waals surface area contributed by atoms with E-state index in [1.54, 1.807) is 18.5 Å².